The van der Waals surface area contributed by atoms with Gasteiger partial charge >= 0.3 is 12.1 Å². The van der Waals surface area contributed by atoms with Gasteiger partial charge in [-0.05, 0) is 38.7 Å². The predicted octanol–water partition coefficient (Wildman–Crippen LogP) is 1.48. The van der Waals surface area contributed by atoms with E-state index in [2.05, 4.69) is 10.6 Å². The molecule has 0 aromatic heterocycles. The van der Waals surface area contributed by atoms with Crippen molar-refractivity contribution in [3.05, 3.63) is 35.9 Å². The molecule has 3 amide bonds. The number of carbonyl (C=O) groups excluding carboxylic acids is 4. The summed E-state index contributed by atoms with van der Waals surface area (Å²) in [6, 6.07) is 8.14. The number of nitrogens with one attached hydrogen (secondary N) is 2. The van der Waals surface area contributed by atoms with E-state index in [1.165, 1.54) is 11.8 Å². The van der Waals surface area contributed by atoms with E-state index in [1.54, 1.807) is 19.1 Å². The highest BCUT2D eigenvalue weighted by Gasteiger charge is 2.46. The molecule has 2 atom stereocenters. The molecule has 1 fully saturated rings. The van der Waals surface area contributed by atoms with Crippen molar-refractivity contribution in [2.75, 3.05) is 13.1 Å². The van der Waals surface area contributed by atoms with Crippen LogP contribution in [-0.2, 0) is 30.5 Å². The van der Waals surface area contributed by atoms with Gasteiger partial charge in [-0.3, -0.25) is 19.2 Å². The Morgan fingerprint density at radius 3 is 2.53 bits per heavy atom. The minimum Gasteiger partial charge on any atom is -0.481 e. The van der Waals surface area contributed by atoms with Gasteiger partial charge in [-0.15, -0.1) is 0 Å². The second-order valence-electron chi connectivity index (χ2n) is 7.91. The average Bonchev–Trinajstić information content (AvgIpc) is 3.16. The van der Waals surface area contributed by atoms with E-state index in [0.717, 1.165) is 5.56 Å². The molecule has 0 bridgehead atoms. The van der Waals surface area contributed by atoms with Gasteiger partial charge in [0.25, 0.3) is 0 Å². The van der Waals surface area contributed by atoms with Gasteiger partial charge in [0.05, 0.1) is 6.04 Å². The molecule has 1 aromatic carbocycles. The molecule has 10 heteroatoms. The molecule has 3 N–H and O–H groups in total. The van der Waals surface area contributed by atoms with Crippen molar-refractivity contribution >= 4 is 29.7 Å². The van der Waals surface area contributed by atoms with Crippen LogP contribution < -0.4 is 10.6 Å². The molecule has 2 unspecified atom stereocenters. The number of carboxylic acids is 1. The highest BCUT2D eigenvalue weighted by atomic mass is 16.5. The third-order valence-corrected chi connectivity index (χ3v) is 5.47. The Bertz CT molecular complexity index is 865. The fraction of sp³-hybridized carbons (Fsp3) is 0.500. The van der Waals surface area contributed by atoms with E-state index in [1.807, 2.05) is 18.2 Å². The zero-order chi connectivity index (χ0) is 23.7. The third kappa shape index (κ3) is 6.79. The summed E-state index contributed by atoms with van der Waals surface area (Å²) >= 11 is 0. The maximum absolute atomic E-state index is 12.9. The van der Waals surface area contributed by atoms with Crippen molar-refractivity contribution in [2.45, 2.75) is 57.7 Å². The van der Waals surface area contributed by atoms with Crippen molar-refractivity contribution in [3.8, 4) is 0 Å². The summed E-state index contributed by atoms with van der Waals surface area (Å²) in [6.07, 6.45) is -0.0906. The Labute approximate surface area is 187 Å². The Balaban J connectivity index is 0.00000544. The van der Waals surface area contributed by atoms with Crippen molar-refractivity contribution in [1.29, 1.82) is 0 Å². The first kappa shape index (κ1) is 24.8. The van der Waals surface area contributed by atoms with Crippen molar-refractivity contribution in [2.24, 2.45) is 0 Å². The number of ether oxygens (including phenoxy) is 1. The lowest BCUT2D eigenvalue weighted by Crippen LogP contribution is -2.59. The van der Waals surface area contributed by atoms with E-state index in [9.17, 15) is 24.0 Å². The first-order valence-electron chi connectivity index (χ1n) is 10.4. The van der Waals surface area contributed by atoms with Crippen LogP contribution in [0.1, 0.15) is 46.5 Å². The number of aliphatic carboxylic acids is 1. The van der Waals surface area contributed by atoms with Crippen LogP contribution in [0.15, 0.2) is 30.3 Å². The number of Topliss-reactive ketones (excluding diaryl/α,β-unsaturated/α-hetero) is 1. The number of amides is 3. The van der Waals surface area contributed by atoms with E-state index in [-0.39, 0.29) is 33.2 Å². The van der Waals surface area contributed by atoms with Gasteiger partial charge in [-0.25, -0.2) is 4.79 Å². The molecular weight excluding hydrogens is 418 g/mol. The molecule has 176 valence electrons. The minimum absolute atomic E-state index is 0. The molecule has 2 rings (SSSR count). The van der Waals surface area contributed by atoms with Crippen LogP contribution in [0.3, 0.4) is 0 Å². The normalized spacial score (nSPS) is 18.5. The van der Waals surface area contributed by atoms with Crippen molar-refractivity contribution < 1.29 is 35.2 Å². The molecule has 1 saturated heterocycles. The Kier molecular flexibility index (Phi) is 8.74. The van der Waals surface area contributed by atoms with Gasteiger partial charge in [0.15, 0.2) is 5.78 Å². The fourth-order valence-electron chi connectivity index (χ4n) is 3.58. The quantitative estimate of drug-likeness (QED) is 0.491. The van der Waals surface area contributed by atoms with Crippen LogP contribution in [0.5, 0.6) is 0 Å². The number of carbonyl (C=O) groups is 5. The highest BCUT2D eigenvalue weighted by molar-refractivity contribution is 5.95. The predicted molar refractivity (Wildman–Crippen MR) is 116 cm³/mol. The second-order valence-corrected chi connectivity index (χ2v) is 7.91. The van der Waals surface area contributed by atoms with E-state index in [4.69, 9.17) is 9.84 Å². The number of ketones is 1. The third-order valence-electron chi connectivity index (χ3n) is 5.47. The summed E-state index contributed by atoms with van der Waals surface area (Å²) < 4.78 is 5.08. The fourth-order valence-corrected chi connectivity index (χ4v) is 3.58. The zero-order valence-electron chi connectivity index (χ0n) is 18.3. The summed E-state index contributed by atoms with van der Waals surface area (Å²) in [5.74, 6) is -2.41. The number of nitrogens with zero attached hydrogens (tertiary/aromatic N) is 1. The topological polar surface area (TPSA) is 142 Å². The lowest BCUT2D eigenvalue weighted by molar-refractivity contribution is -0.144. The van der Waals surface area contributed by atoms with Crippen LogP contribution in [0.25, 0.3) is 0 Å². The van der Waals surface area contributed by atoms with Gasteiger partial charge in [0, 0.05) is 14.4 Å². The minimum atomic E-state index is -1.20. The maximum Gasteiger partial charge on any atom is 0.407 e. The summed E-state index contributed by atoms with van der Waals surface area (Å²) in [5.41, 5.74) is -0.399. The largest absolute Gasteiger partial charge is 0.481 e. The smallest absolute Gasteiger partial charge is 0.407 e. The van der Waals surface area contributed by atoms with Crippen LogP contribution in [0, 0.1) is 0 Å². The Morgan fingerprint density at radius 2 is 1.91 bits per heavy atom. The van der Waals surface area contributed by atoms with Crippen LogP contribution in [0.4, 0.5) is 4.79 Å². The van der Waals surface area contributed by atoms with Crippen molar-refractivity contribution in [3.63, 3.8) is 0 Å². The van der Waals surface area contributed by atoms with E-state index in [0.29, 0.717) is 19.4 Å². The molecule has 1 aliphatic heterocycles. The van der Waals surface area contributed by atoms with Crippen LogP contribution >= 0.6 is 0 Å². The number of alkyl carbamates (subject to hydrolysis) is 1. The Morgan fingerprint density at radius 1 is 1.22 bits per heavy atom. The molecule has 1 aromatic rings. The number of likely N-dealkylation sites (tertiary alicyclic amines) is 1. The van der Waals surface area contributed by atoms with E-state index < -0.39 is 35.5 Å². The van der Waals surface area contributed by atoms with Gasteiger partial charge in [0.1, 0.15) is 18.7 Å². The lowest BCUT2D eigenvalue weighted by Gasteiger charge is -2.35. The summed E-state index contributed by atoms with van der Waals surface area (Å²) in [7, 11) is 0. The summed E-state index contributed by atoms with van der Waals surface area (Å²) in [5, 5.41) is 13.8. The summed E-state index contributed by atoms with van der Waals surface area (Å²) in [4.78, 5) is 61.5. The molecule has 32 heavy (non-hydrogen) atoms. The second kappa shape index (κ2) is 11.3. The van der Waals surface area contributed by atoms with Gasteiger partial charge in [0.2, 0.25) is 11.8 Å². The molecule has 0 saturated carbocycles. The Hall–Kier alpha value is -3.43. The molecule has 0 spiro atoms. The summed E-state index contributed by atoms with van der Waals surface area (Å²) in [6.45, 7) is 2.91. The molecule has 0 aliphatic carbocycles. The van der Waals surface area contributed by atoms with Crippen LogP contribution in [0.2, 0.25) is 0 Å². The highest BCUT2D eigenvalue weighted by Crippen LogP contribution is 2.29. The first-order valence-corrected chi connectivity index (χ1v) is 10.4. The molecule has 1 heterocycles. The van der Waals surface area contributed by atoms with Gasteiger partial charge in [-0.2, -0.15) is 0 Å². The first-order chi connectivity index (χ1) is 15.1. The van der Waals surface area contributed by atoms with Gasteiger partial charge < -0.3 is 25.4 Å². The molecule has 1 aliphatic rings. The maximum atomic E-state index is 12.9. The SMILES string of the molecule is CC(=O)C(CCC(=O)O)NC(=O)C1(C)CCCN1C(=O)CNC(=O)OCc1ccccc1.[HH]. The molecule has 10 nitrogen and oxygen atoms in total. The van der Waals surface area contributed by atoms with Crippen molar-refractivity contribution in [1.82, 2.24) is 15.5 Å². The number of rotatable bonds is 10. The lowest BCUT2D eigenvalue weighted by atomic mass is 9.96. The van der Waals surface area contributed by atoms with Gasteiger partial charge in [-0.1, -0.05) is 30.3 Å². The van der Waals surface area contributed by atoms with Crippen LogP contribution in [-0.4, -0.2) is 64.3 Å². The number of hydrogen-bond donors (Lipinski definition) is 3. The number of benzene rings is 1. The number of carboxylic acid groups (broad SMARTS) is 1. The molecular formula is C22H31N3O7. The monoisotopic (exact) mass is 449 g/mol. The molecule has 0 radical (unpaired) electrons. The number of hydrogen-bond acceptors (Lipinski definition) is 6. The average molecular weight is 450 g/mol. The zero-order valence-corrected chi connectivity index (χ0v) is 18.3. The van der Waals surface area contributed by atoms with E-state index >= 15 is 0 Å². The standard InChI is InChI=1S/C22H29N3O7.H2/c1-15(26)17(9-10-19(28)29)24-20(30)22(2)11-6-12-25(22)18(27)13-23-21(31)32-14-16-7-4-3-5-8-16;/h3-5,7-8,17H,6,9-14H2,1-2H3,(H,23,31)(H,24,30)(H,28,29);1H.